The SMILES string of the molecule is C[Si](C)(C)C1(O)CCC(NC(=O)O)CC1. The number of rotatable bonds is 2. The van der Waals surface area contributed by atoms with E-state index in [0.29, 0.717) is 0 Å². The van der Waals surface area contributed by atoms with Crippen LogP contribution in [0.25, 0.3) is 0 Å². The maximum absolute atomic E-state index is 10.5. The number of aliphatic hydroxyl groups is 1. The molecule has 88 valence electrons. The summed E-state index contributed by atoms with van der Waals surface area (Å²) < 4.78 is 0. The van der Waals surface area contributed by atoms with Crippen LogP contribution in [0.4, 0.5) is 4.79 Å². The van der Waals surface area contributed by atoms with Gasteiger partial charge in [-0.05, 0) is 25.7 Å². The van der Waals surface area contributed by atoms with Crippen LogP contribution in [-0.4, -0.2) is 35.6 Å². The van der Waals surface area contributed by atoms with Crippen LogP contribution in [-0.2, 0) is 0 Å². The van der Waals surface area contributed by atoms with Gasteiger partial charge in [0.05, 0.1) is 13.3 Å². The Morgan fingerprint density at radius 2 is 1.80 bits per heavy atom. The van der Waals surface area contributed by atoms with E-state index in [-0.39, 0.29) is 6.04 Å². The van der Waals surface area contributed by atoms with Crippen molar-refractivity contribution >= 4 is 14.2 Å². The Hall–Kier alpha value is -0.553. The summed E-state index contributed by atoms with van der Waals surface area (Å²) in [7, 11) is -1.57. The Kier molecular flexibility index (Phi) is 3.45. The second-order valence-corrected chi connectivity index (χ2v) is 10.9. The first-order valence-electron chi connectivity index (χ1n) is 5.46. The quantitative estimate of drug-likeness (QED) is 0.635. The lowest BCUT2D eigenvalue weighted by molar-refractivity contribution is 0.0630. The van der Waals surface area contributed by atoms with Crippen molar-refractivity contribution in [3.8, 4) is 0 Å². The van der Waals surface area contributed by atoms with Crippen LogP contribution >= 0.6 is 0 Å². The van der Waals surface area contributed by atoms with Gasteiger partial charge in [0.2, 0.25) is 0 Å². The third-order valence-electron chi connectivity index (χ3n) is 3.54. The average molecular weight is 231 g/mol. The van der Waals surface area contributed by atoms with Crippen LogP contribution in [0.3, 0.4) is 0 Å². The van der Waals surface area contributed by atoms with E-state index in [1.54, 1.807) is 0 Å². The molecule has 1 fully saturated rings. The molecule has 1 amide bonds. The second kappa shape index (κ2) is 4.13. The van der Waals surface area contributed by atoms with Crippen molar-refractivity contribution in [2.75, 3.05) is 0 Å². The van der Waals surface area contributed by atoms with Crippen LogP contribution in [0.2, 0.25) is 19.6 Å². The molecule has 0 heterocycles. The summed E-state index contributed by atoms with van der Waals surface area (Å²) in [4.78, 5) is 10.5. The van der Waals surface area contributed by atoms with E-state index in [1.165, 1.54) is 0 Å². The van der Waals surface area contributed by atoms with Gasteiger partial charge in [-0.1, -0.05) is 19.6 Å². The van der Waals surface area contributed by atoms with Gasteiger partial charge in [0.25, 0.3) is 0 Å². The van der Waals surface area contributed by atoms with E-state index in [9.17, 15) is 9.90 Å². The first-order chi connectivity index (χ1) is 6.74. The maximum atomic E-state index is 10.5. The molecule has 0 aromatic rings. The summed E-state index contributed by atoms with van der Waals surface area (Å²) in [5.41, 5.74) is 0. The van der Waals surface area contributed by atoms with E-state index in [1.807, 2.05) is 0 Å². The molecule has 0 aromatic carbocycles. The highest BCUT2D eigenvalue weighted by Gasteiger charge is 2.44. The first-order valence-corrected chi connectivity index (χ1v) is 8.96. The van der Waals surface area contributed by atoms with E-state index in [2.05, 4.69) is 25.0 Å². The highest BCUT2D eigenvalue weighted by molar-refractivity contribution is 6.78. The summed E-state index contributed by atoms with van der Waals surface area (Å²) in [6.45, 7) is 6.49. The summed E-state index contributed by atoms with van der Waals surface area (Å²) in [6.07, 6.45) is 2.01. The Morgan fingerprint density at radius 3 is 2.13 bits per heavy atom. The molecular weight excluding hydrogens is 210 g/mol. The van der Waals surface area contributed by atoms with Gasteiger partial charge >= 0.3 is 6.09 Å². The van der Waals surface area contributed by atoms with E-state index in [4.69, 9.17) is 5.11 Å². The molecule has 1 aliphatic carbocycles. The van der Waals surface area contributed by atoms with Crippen molar-refractivity contribution in [3.63, 3.8) is 0 Å². The molecule has 5 heteroatoms. The molecule has 0 aromatic heterocycles. The lowest BCUT2D eigenvalue weighted by atomic mass is 9.92. The average Bonchev–Trinajstić information content (AvgIpc) is 2.06. The van der Waals surface area contributed by atoms with Crippen molar-refractivity contribution in [3.05, 3.63) is 0 Å². The lowest BCUT2D eigenvalue weighted by Crippen LogP contribution is -2.56. The van der Waals surface area contributed by atoms with Gasteiger partial charge < -0.3 is 15.5 Å². The Labute approximate surface area is 91.7 Å². The number of carboxylic acid groups (broad SMARTS) is 1. The maximum Gasteiger partial charge on any atom is 0.404 e. The highest BCUT2D eigenvalue weighted by Crippen LogP contribution is 2.35. The molecule has 1 saturated carbocycles. The Morgan fingerprint density at radius 1 is 1.33 bits per heavy atom. The monoisotopic (exact) mass is 231 g/mol. The Bertz CT molecular complexity index is 242. The minimum absolute atomic E-state index is 0.0270. The molecule has 3 N–H and O–H groups in total. The van der Waals surface area contributed by atoms with Crippen molar-refractivity contribution < 1.29 is 15.0 Å². The van der Waals surface area contributed by atoms with E-state index < -0.39 is 19.4 Å². The zero-order valence-corrected chi connectivity index (χ0v) is 10.7. The molecule has 0 atom stereocenters. The fraction of sp³-hybridized carbons (Fsp3) is 0.900. The van der Waals surface area contributed by atoms with Crippen LogP contribution in [0.15, 0.2) is 0 Å². The number of hydrogen-bond donors (Lipinski definition) is 3. The highest BCUT2D eigenvalue weighted by atomic mass is 28.3. The van der Waals surface area contributed by atoms with Crippen LogP contribution in [0, 0.1) is 0 Å². The fourth-order valence-electron chi connectivity index (χ4n) is 2.16. The van der Waals surface area contributed by atoms with Gasteiger partial charge in [-0.3, -0.25) is 0 Å². The molecule has 1 aliphatic rings. The van der Waals surface area contributed by atoms with Gasteiger partial charge in [0.15, 0.2) is 0 Å². The molecular formula is C10H21NO3Si. The molecule has 0 radical (unpaired) electrons. The molecule has 1 rings (SSSR count). The van der Waals surface area contributed by atoms with Crippen LogP contribution < -0.4 is 5.32 Å². The number of amides is 1. The predicted octanol–water partition coefficient (Wildman–Crippen LogP) is 1.81. The fourth-order valence-corrected chi connectivity index (χ4v) is 3.95. The first kappa shape index (κ1) is 12.5. The van der Waals surface area contributed by atoms with Gasteiger partial charge in [0, 0.05) is 6.04 Å². The summed E-state index contributed by atoms with van der Waals surface area (Å²) >= 11 is 0. The van der Waals surface area contributed by atoms with Gasteiger partial charge in [-0.15, -0.1) is 0 Å². The molecule has 0 saturated heterocycles. The number of hydrogen-bond acceptors (Lipinski definition) is 2. The normalized spacial score (nSPS) is 32.4. The second-order valence-electron chi connectivity index (χ2n) is 5.51. The molecule has 15 heavy (non-hydrogen) atoms. The third kappa shape index (κ3) is 2.95. The van der Waals surface area contributed by atoms with Gasteiger partial charge in [-0.25, -0.2) is 4.79 Å². The molecule has 4 nitrogen and oxygen atoms in total. The standard InChI is InChI=1S/C10H21NO3Si/c1-15(2,3)10(14)6-4-8(5-7-10)11-9(12)13/h8,11,14H,4-7H2,1-3H3,(H,12,13). The number of carbonyl (C=O) groups is 1. The lowest BCUT2D eigenvalue weighted by Gasteiger charge is -2.44. The van der Waals surface area contributed by atoms with Crippen LogP contribution in [0.1, 0.15) is 25.7 Å². The zero-order valence-electron chi connectivity index (χ0n) is 9.71. The van der Waals surface area contributed by atoms with E-state index in [0.717, 1.165) is 25.7 Å². The smallest absolute Gasteiger partial charge is 0.404 e. The number of nitrogens with one attached hydrogen (secondary N) is 1. The van der Waals surface area contributed by atoms with Crippen molar-refractivity contribution in [2.45, 2.75) is 56.6 Å². The third-order valence-corrected chi connectivity index (χ3v) is 6.83. The predicted molar refractivity (Wildman–Crippen MR) is 61.7 cm³/mol. The van der Waals surface area contributed by atoms with Gasteiger partial charge in [0.1, 0.15) is 0 Å². The minimum atomic E-state index is -1.57. The van der Waals surface area contributed by atoms with Crippen molar-refractivity contribution in [1.82, 2.24) is 5.32 Å². The van der Waals surface area contributed by atoms with E-state index >= 15 is 0 Å². The molecule has 0 bridgehead atoms. The summed E-state index contributed by atoms with van der Waals surface area (Å²) in [5.74, 6) is 0. The van der Waals surface area contributed by atoms with Gasteiger partial charge in [-0.2, -0.15) is 0 Å². The van der Waals surface area contributed by atoms with Crippen molar-refractivity contribution in [1.29, 1.82) is 0 Å². The molecule has 0 spiro atoms. The summed E-state index contributed by atoms with van der Waals surface area (Å²) in [6, 6.07) is 0.0270. The Balaban J connectivity index is 2.52. The topological polar surface area (TPSA) is 69.6 Å². The molecule has 0 unspecified atom stereocenters. The zero-order chi connectivity index (χ0) is 11.7. The largest absolute Gasteiger partial charge is 0.465 e. The van der Waals surface area contributed by atoms with Crippen LogP contribution in [0.5, 0.6) is 0 Å². The van der Waals surface area contributed by atoms with Crippen molar-refractivity contribution in [2.24, 2.45) is 0 Å². The molecule has 0 aliphatic heterocycles. The summed E-state index contributed by atoms with van der Waals surface area (Å²) in [5, 5.41) is 21.0. The minimum Gasteiger partial charge on any atom is -0.465 e.